The average Bonchev–Trinajstić information content (AvgIpc) is 2.97. The van der Waals surface area contributed by atoms with E-state index in [2.05, 4.69) is 10.5 Å². The van der Waals surface area contributed by atoms with Crippen molar-refractivity contribution in [3.05, 3.63) is 75.9 Å². The molecule has 0 atom stereocenters. The summed E-state index contributed by atoms with van der Waals surface area (Å²) < 4.78 is 13.1. The Morgan fingerprint density at radius 2 is 1.88 bits per heavy atom. The third-order valence-electron chi connectivity index (χ3n) is 3.51. The SMILES string of the molecule is Cc1nc(-c2ccc(F)cc2)c(CC(=O)NOCc2ccccc2)s1. The number of carbonyl (C=O) groups excluding carboxylic acids is 1. The van der Waals surface area contributed by atoms with E-state index in [1.54, 1.807) is 12.1 Å². The molecule has 0 saturated carbocycles. The molecule has 1 aromatic heterocycles. The lowest BCUT2D eigenvalue weighted by Crippen LogP contribution is -2.25. The zero-order valence-electron chi connectivity index (χ0n) is 13.7. The molecule has 3 rings (SSSR count). The topological polar surface area (TPSA) is 51.2 Å². The van der Waals surface area contributed by atoms with Crippen molar-refractivity contribution >= 4 is 17.2 Å². The summed E-state index contributed by atoms with van der Waals surface area (Å²) in [6.07, 6.45) is 0.160. The van der Waals surface area contributed by atoms with Crippen LogP contribution >= 0.6 is 11.3 Å². The van der Waals surface area contributed by atoms with Gasteiger partial charge in [0.25, 0.3) is 0 Å². The third-order valence-corrected chi connectivity index (χ3v) is 4.48. The first-order valence-electron chi connectivity index (χ1n) is 7.78. The summed E-state index contributed by atoms with van der Waals surface area (Å²) in [5, 5.41) is 0.854. The van der Waals surface area contributed by atoms with E-state index >= 15 is 0 Å². The monoisotopic (exact) mass is 356 g/mol. The predicted octanol–water partition coefficient (Wildman–Crippen LogP) is 4.05. The molecule has 0 radical (unpaired) electrons. The minimum absolute atomic E-state index is 0.160. The van der Waals surface area contributed by atoms with Crippen molar-refractivity contribution in [3.8, 4) is 11.3 Å². The van der Waals surface area contributed by atoms with Crippen LogP contribution in [0.15, 0.2) is 54.6 Å². The number of aromatic nitrogens is 1. The summed E-state index contributed by atoms with van der Waals surface area (Å²) >= 11 is 1.45. The van der Waals surface area contributed by atoms with Gasteiger partial charge in [0.05, 0.1) is 23.7 Å². The molecule has 6 heteroatoms. The molecular formula is C19H17FN2O2S. The maximum absolute atomic E-state index is 13.1. The molecule has 0 saturated heterocycles. The summed E-state index contributed by atoms with van der Waals surface area (Å²) in [5.74, 6) is -0.549. The maximum Gasteiger partial charge on any atom is 0.248 e. The predicted molar refractivity (Wildman–Crippen MR) is 95.3 cm³/mol. The standard InChI is InChI=1S/C19H17FN2O2S/c1-13-21-19(15-7-9-16(20)10-8-15)17(25-13)11-18(23)22-24-12-14-5-3-2-4-6-14/h2-10H,11-12H2,1H3,(H,22,23). The van der Waals surface area contributed by atoms with E-state index < -0.39 is 0 Å². The molecule has 1 N–H and O–H groups in total. The number of hydrogen-bond acceptors (Lipinski definition) is 4. The van der Waals surface area contributed by atoms with Crippen molar-refractivity contribution in [3.63, 3.8) is 0 Å². The number of rotatable bonds is 6. The van der Waals surface area contributed by atoms with Gasteiger partial charge in [-0.3, -0.25) is 9.63 Å². The first-order valence-corrected chi connectivity index (χ1v) is 8.60. The second-order valence-electron chi connectivity index (χ2n) is 5.49. The van der Waals surface area contributed by atoms with E-state index in [0.717, 1.165) is 21.0 Å². The Balaban J connectivity index is 1.62. The zero-order valence-corrected chi connectivity index (χ0v) is 14.5. The molecule has 0 fully saturated rings. The maximum atomic E-state index is 13.1. The Morgan fingerprint density at radius 1 is 1.16 bits per heavy atom. The Hall–Kier alpha value is -2.57. The molecule has 0 aliphatic heterocycles. The van der Waals surface area contributed by atoms with E-state index in [0.29, 0.717) is 12.3 Å². The Labute approximate surface area is 149 Å². The normalized spacial score (nSPS) is 10.6. The van der Waals surface area contributed by atoms with E-state index in [-0.39, 0.29) is 18.1 Å². The number of nitrogens with one attached hydrogen (secondary N) is 1. The average molecular weight is 356 g/mol. The summed E-state index contributed by atoms with van der Waals surface area (Å²) in [5.41, 5.74) is 4.93. The van der Waals surface area contributed by atoms with Gasteiger partial charge in [-0.15, -0.1) is 11.3 Å². The minimum Gasteiger partial charge on any atom is -0.272 e. The van der Waals surface area contributed by atoms with Crippen molar-refractivity contribution in [2.24, 2.45) is 0 Å². The van der Waals surface area contributed by atoms with Gasteiger partial charge in [-0.1, -0.05) is 30.3 Å². The number of hydrogen-bond donors (Lipinski definition) is 1. The van der Waals surface area contributed by atoms with Crippen molar-refractivity contribution in [1.29, 1.82) is 0 Å². The highest BCUT2D eigenvalue weighted by Gasteiger charge is 2.15. The zero-order chi connectivity index (χ0) is 17.6. The van der Waals surface area contributed by atoms with Gasteiger partial charge in [0, 0.05) is 10.4 Å². The lowest BCUT2D eigenvalue weighted by atomic mass is 10.1. The number of thiazole rings is 1. The van der Waals surface area contributed by atoms with E-state index in [1.165, 1.54) is 23.5 Å². The van der Waals surface area contributed by atoms with Gasteiger partial charge >= 0.3 is 0 Å². The van der Waals surface area contributed by atoms with Gasteiger partial charge in [0.15, 0.2) is 0 Å². The molecule has 1 amide bonds. The van der Waals surface area contributed by atoms with Crippen molar-refractivity contribution in [2.75, 3.05) is 0 Å². The fourth-order valence-corrected chi connectivity index (χ4v) is 3.34. The molecule has 25 heavy (non-hydrogen) atoms. The van der Waals surface area contributed by atoms with Gasteiger partial charge in [0.2, 0.25) is 5.91 Å². The fraction of sp³-hybridized carbons (Fsp3) is 0.158. The molecular weight excluding hydrogens is 339 g/mol. The van der Waals surface area contributed by atoms with Crippen LogP contribution in [0.5, 0.6) is 0 Å². The summed E-state index contributed by atoms with van der Waals surface area (Å²) in [6.45, 7) is 2.18. The molecule has 0 aliphatic carbocycles. The minimum atomic E-state index is -0.302. The Morgan fingerprint density at radius 3 is 2.60 bits per heavy atom. The van der Waals surface area contributed by atoms with Crippen LogP contribution in [0.25, 0.3) is 11.3 Å². The number of halogens is 1. The third kappa shape index (κ3) is 4.71. The Bertz CT molecular complexity index is 848. The molecule has 2 aromatic carbocycles. The number of nitrogens with zero attached hydrogens (tertiary/aromatic N) is 1. The summed E-state index contributed by atoms with van der Waals surface area (Å²) in [6, 6.07) is 15.7. The van der Waals surface area contributed by atoms with Crippen LogP contribution in [0.3, 0.4) is 0 Å². The van der Waals surface area contributed by atoms with Crippen LogP contribution in [0, 0.1) is 12.7 Å². The first kappa shape index (κ1) is 17.3. The highest BCUT2D eigenvalue weighted by Crippen LogP contribution is 2.28. The second-order valence-corrected chi connectivity index (χ2v) is 6.78. The summed E-state index contributed by atoms with van der Waals surface area (Å²) in [7, 11) is 0. The first-order chi connectivity index (χ1) is 12.1. The van der Waals surface area contributed by atoms with E-state index in [1.807, 2.05) is 37.3 Å². The van der Waals surface area contributed by atoms with Crippen molar-refractivity contribution in [1.82, 2.24) is 10.5 Å². The van der Waals surface area contributed by atoms with Gasteiger partial charge in [0.1, 0.15) is 5.82 Å². The van der Waals surface area contributed by atoms with Crippen LogP contribution in [-0.4, -0.2) is 10.9 Å². The smallest absolute Gasteiger partial charge is 0.248 e. The van der Waals surface area contributed by atoms with Crippen LogP contribution in [0.1, 0.15) is 15.4 Å². The highest BCUT2D eigenvalue weighted by molar-refractivity contribution is 7.12. The van der Waals surface area contributed by atoms with Crippen LogP contribution in [0.4, 0.5) is 4.39 Å². The van der Waals surface area contributed by atoms with E-state index in [4.69, 9.17) is 4.84 Å². The van der Waals surface area contributed by atoms with Gasteiger partial charge in [-0.2, -0.15) is 0 Å². The van der Waals surface area contributed by atoms with Crippen LogP contribution in [0.2, 0.25) is 0 Å². The largest absolute Gasteiger partial charge is 0.272 e. The van der Waals surface area contributed by atoms with Crippen LogP contribution < -0.4 is 5.48 Å². The molecule has 128 valence electrons. The molecule has 0 unspecified atom stereocenters. The highest BCUT2D eigenvalue weighted by atomic mass is 32.1. The lowest BCUT2D eigenvalue weighted by Gasteiger charge is -2.06. The van der Waals surface area contributed by atoms with Crippen molar-refractivity contribution < 1.29 is 14.0 Å². The molecule has 1 heterocycles. The molecule has 3 aromatic rings. The number of benzene rings is 2. The molecule has 0 spiro atoms. The van der Waals surface area contributed by atoms with Gasteiger partial charge in [-0.05, 0) is 36.8 Å². The number of aryl methyl sites for hydroxylation is 1. The number of amides is 1. The lowest BCUT2D eigenvalue weighted by molar-refractivity contribution is -0.133. The molecule has 0 bridgehead atoms. The van der Waals surface area contributed by atoms with Gasteiger partial charge < -0.3 is 0 Å². The quantitative estimate of drug-likeness (QED) is 0.678. The molecule has 0 aliphatic rings. The van der Waals surface area contributed by atoms with Crippen molar-refractivity contribution in [2.45, 2.75) is 20.0 Å². The summed E-state index contributed by atoms with van der Waals surface area (Å²) in [4.78, 5) is 22.7. The van der Waals surface area contributed by atoms with Gasteiger partial charge in [-0.25, -0.2) is 14.9 Å². The number of hydroxylamine groups is 1. The molecule has 4 nitrogen and oxygen atoms in total. The fourth-order valence-electron chi connectivity index (χ4n) is 2.38. The van der Waals surface area contributed by atoms with Crippen LogP contribution in [-0.2, 0) is 22.7 Å². The van der Waals surface area contributed by atoms with E-state index in [9.17, 15) is 9.18 Å². The number of carbonyl (C=O) groups is 1. The Kier molecular flexibility index (Phi) is 5.53. The second kappa shape index (κ2) is 8.00.